The fourth-order valence-corrected chi connectivity index (χ4v) is 2.21. The molecule has 2 aromatic heterocycles. The maximum absolute atomic E-state index is 9.01. The smallest absolute Gasteiger partial charge is 0.238 e. The van der Waals surface area contributed by atoms with Crippen LogP contribution in [0, 0.1) is 22.7 Å². The molecule has 2 aromatic rings. The van der Waals surface area contributed by atoms with Gasteiger partial charge in [-0.05, 0) is 17.5 Å². The Morgan fingerprint density at radius 1 is 1.47 bits per heavy atom. The second-order valence-electron chi connectivity index (χ2n) is 4.84. The van der Waals surface area contributed by atoms with E-state index in [9.17, 15) is 0 Å². The number of hydrogen-bond acceptors (Lipinski definition) is 5. The lowest BCUT2D eigenvalue weighted by molar-refractivity contribution is 0.367. The third-order valence-corrected chi connectivity index (χ3v) is 3.42. The molecule has 2 unspecified atom stereocenters. The second-order valence-corrected chi connectivity index (χ2v) is 4.84. The number of nitrogens with zero attached hydrogens (tertiary/aromatic N) is 3. The Kier molecular flexibility index (Phi) is 1.90. The van der Waals surface area contributed by atoms with Gasteiger partial charge in [0.15, 0.2) is 5.76 Å². The van der Waals surface area contributed by atoms with E-state index in [-0.39, 0.29) is 17.3 Å². The number of nitriles is 1. The summed E-state index contributed by atoms with van der Waals surface area (Å²) in [7, 11) is 0. The summed E-state index contributed by atoms with van der Waals surface area (Å²) in [4.78, 5) is 4.29. The van der Waals surface area contributed by atoms with Crippen molar-refractivity contribution in [2.75, 3.05) is 0 Å². The van der Waals surface area contributed by atoms with Crippen molar-refractivity contribution in [2.24, 2.45) is 11.3 Å². The van der Waals surface area contributed by atoms with Crippen LogP contribution in [0.25, 0.3) is 11.6 Å². The molecule has 1 aliphatic carbocycles. The van der Waals surface area contributed by atoms with Gasteiger partial charge in [0.25, 0.3) is 0 Å². The number of aromatic nitrogens is 2. The van der Waals surface area contributed by atoms with E-state index in [2.05, 4.69) is 16.2 Å². The summed E-state index contributed by atoms with van der Waals surface area (Å²) in [5.74, 6) is 1.51. The molecule has 0 amide bonds. The molecule has 86 valence electrons. The Labute approximate surface area is 98.0 Å². The van der Waals surface area contributed by atoms with Crippen LogP contribution >= 0.6 is 0 Å². The summed E-state index contributed by atoms with van der Waals surface area (Å²) >= 11 is 0. The van der Waals surface area contributed by atoms with Crippen LogP contribution in [0.5, 0.6) is 0 Å². The molecule has 5 nitrogen and oxygen atoms in total. The summed E-state index contributed by atoms with van der Waals surface area (Å²) in [5, 5.41) is 12.9. The van der Waals surface area contributed by atoms with Crippen molar-refractivity contribution in [3.8, 4) is 17.7 Å². The van der Waals surface area contributed by atoms with E-state index < -0.39 is 0 Å². The summed E-state index contributed by atoms with van der Waals surface area (Å²) in [6, 6.07) is 5.81. The van der Waals surface area contributed by atoms with Crippen molar-refractivity contribution in [1.82, 2.24) is 10.1 Å². The molecule has 0 aromatic carbocycles. The van der Waals surface area contributed by atoms with Gasteiger partial charge in [-0.3, -0.25) is 0 Å². The van der Waals surface area contributed by atoms with E-state index in [0.717, 1.165) is 0 Å². The predicted molar refractivity (Wildman–Crippen MR) is 57.6 cm³/mol. The monoisotopic (exact) mass is 229 g/mol. The molecule has 0 radical (unpaired) electrons. The van der Waals surface area contributed by atoms with Gasteiger partial charge in [-0.2, -0.15) is 10.2 Å². The standard InChI is InChI=1S/C12H11N3O2/c1-12(2)7(6-13)9(12)11-14-10(15-17-11)8-4-3-5-16-8/h3-5,7,9H,1-2H3. The number of hydrogen-bond donors (Lipinski definition) is 0. The van der Waals surface area contributed by atoms with Crippen LogP contribution in [0.1, 0.15) is 25.7 Å². The molecule has 2 atom stereocenters. The minimum atomic E-state index is -0.0816. The summed E-state index contributed by atoms with van der Waals surface area (Å²) < 4.78 is 10.4. The lowest BCUT2D eigenvalue weighted by Gasteiger charge is -1.94. The Balaban J connectivity index is 1.91. The van der Waals surface area contributed by atoms with Gasteiger partial charge < -0.3 is 8.94 Å². The Morgan fingerprint density at radius 2 is 2.29 bits per heavy atom. The molecule has 2 heterocycles. The molecule has 0 bridgehead atoms. The average molecular weight is 229 g/mol. The molecular formula is C12H11N3O2. The van der Waals surface area contributed by atoms with E-state index in [0.29, 0.717) is 17.5 Å². The summed E-state index contributed by atoms with van der Waals surface area (Å²) in [6.07, 6.45) is 1.56. The van der Waals surface area contributed by atoms with Gasteiger partial charge in [-0.25, -0.2) is 0 Å². The predicted octanol–water partition coefficient (Wildman–Crippen LogP) is 2.59. The largest absolute Gasteiger partial charge is 0.461 e. The minimum Gasteiger partial charge on any atom is -0.461 e. The minimum absolute atomic E-state index is 0.0312. The normalized spacial score (nSPS) is 25.5. The van der Waals surface area contributed by atoms with E-state index in [1.165, 1.54) is 0 Å². The molecular weight excluding hydrogens is 218 g/mol. The second kappa shape index (κ2) is 3.20. The van der Waals surface area contributed by atoms with Crippen molar-refractivity contribution in [3.63, 3.8) is 0 Å². The lowest BCUT2D eigenvalue weighted by Crippen LogP contribution is -1.90. The van der Waals surface area contributed by atoms with E-state index in [1.54, 1.807) is 18.4 Å². The molecule has 1 saturated carbocycles. The van der Waals surface area contributed by atoms with Gasteiger partial charge in [-0.1, -0.05) is 19.0 Å². The summed E-state index contributed by atoms with van der Waals surface area (Å²) in [5.41, 5.74) is -0.0816. The van der Waals surface area contributed by atoms with E-state index in [4.69, 9.17) is 14.2 Å². The van der Waals surface area contributed by atoms with Crippen molar-refractivity contribution in [1.29, 1.82) is 5.26 Å². The summed E-state index contributed by atoms with van der Waals surface area (Å²) in [6.45, 7) is 4.06. The first-order valence-corrected chi connectivity index (χ1v) is 5.41. The van der Waals surface area contributed by atoms with Crippen LogP contribution in [0.2, 0.25) is 0 Å². The molecule has 0 aliphatic heterocycles. The van der Waals surface area contributed by atoms with Gasteiger partial charge in [0.2, 0.25) is 11.7 Å². The molecule has 1 fully saturated rings. The van der Waals surface area contributed by atoms with Crippen LogP contribution in [-0.4, -0.2) is 10.1 Å². The van der Waals surface area contributed by atoms with Crippen LogP contribution in [0.3, 0.4) is 0 Å². The van der Waals surface area contributed by atoms with Crippen LogP contribution in [-0.2, 0) is 0 Å². The maximum atomic E-state index is 9.01. The van der Waals surface area contributed by atoms with E-state index in [1.807, 2.05) is 13.8 Å². The number of rotatable bonds is 2. The zero-order valence-electron chi connectivity index (χ0n) is 9.54. The van der Waals surface area contributed by atoms with Crippen molar-refractivity contribution < 1.29 is 8.94 Å². The SMILES string of the molecule is CC1(C)C(C#N)C1c1nc(-c2ccco2)no1. The first-order valence-electron chi connectivity index (χ1n) is 5.41. The van der Waals surface area contributed by atoms with Gasteiger partial charge in [0, 0.05) is 0 Å². The van der Waals surface area contributed by atoms with Crippen LogP contribution in [0.15, 0.2) is 27.3 Å². The Bertz CT molecular complexity index is 577. The molecule has 5 heteroatoms. The van der Waals surface area contributed by atoms with Crippen LogP contribution < -0.4 is 0 Å². The molecule has 0 N–H and O–H groups in total. The van der Waals surface area contributed by atoms with Crippen LogP contribution in [0.4, 0.5) is 0 Å². The number of furan rings is 1. The highest BCUT2D eigenvalue weighted by atomic mass is 16.5. The van der Waals surface area contributed by atoms with Crippen molar-refractivity contribution in [3.05, 3.63) is 24.3 Å². The highest BCUT2D eigenvalue weighted by molar-refractivity contribution is 5.45. The first kappa shape index (κ1) is 10.1. The van der Waals surface area contributed by atoms with E-state index >= 15 is 0 Å². The van der Waals surface area contributed by atoms with Gasteiger partial charge in [-0.15, -0.1) is 0 Å². The molecule has 1 aliphatic rings. The lowest BCUT2D eigenvalue weighted by atomic mass is 10.1. The fraction of sp³-hybridized carbons (Fsp3) is 0.417. The van der Waals surface area contributed by atoms with Crippen molar-refractivity contribution in [2.45, 2.75) is 19.8 Å². The average Bonchev–Trinajstić information content (AvgIpc) is 2.79. The quantitative estimate of drug-likeness (QED) is 0.791. The Morgan fingerprint density at radius 3 is 2.88 bits per heavy atom. The van der Waals surface area contributed by atoms with Gasteiger partial charge >= 0.3 is 0 Å². The van der Waals surface area contributed by atoms with Crippen molar-refractivity contribution >= 4 is 0 Å². The highest BCUT2D eigenvalue weighted by Gasteiger charge is 2.62. The highest BCUT2D eigenvalue weighted by Crippen LogP contribution is 2.63. The topological polar surface area (TPSA) is 75.8 Å². The Hall–Kier alpha value is -2.09. The zero-order chi connectivity index (χ0) is 12.0. The van der Waals surface area contributed by atoms with Gasteiger partial charge in [0.1, 0.15) is 0 Å². The third-order valence-electron chi connectivity index (χ3n) is 3.42. The molecule has 0 saturated heterocycles. The third kappa shape index (κ3) is 1.37. The fourth-order valence-electron chi connectivity index (χ4n) is 2.21. The molecule has 3 rings (SSSR count). The van der Waals surface area contributed by atoms with Gasteiger partial charge in [0.05, 0.1) is 24.2 Å². The first-order chi connectivity index (χ1) is 8.14. The zero-order valence-corrected chi connectivity index (χ0v) is 9.54. The molecule has 17 heavy (non-hydrogen) atoms. The maximum Gasteiger partial charge on any atom is 0.238 e. The molecule has 0 spiro atoms.